The highest BCUT2D eigenvalue weighted by atomic mass is 32.2. The molecule has 0 nitrogen and oxygen atoms in total. The summed E-state index contributed by atoms with van der Waals surface area (Å²) in [5.74, 6) is 0.848. The molecule has 0 fully saturated rings. The fourth-order valence-electron chi connectivity index (χ4n) is 5.86. The topological polar surface area (TPSA) is 0 Å². The molecule has 0 aromatic heterocycles. The van der Waals surface area contributed by atoms with Crippen LogP contribution in [0.1, 0.15) is 198 Å². The number of thioether (sulfide) groups is 2. The molecule has 0 saturated carbocycles. The lowest BCUT2D eigenvalue weighted by Gasteiger charge is -2.33. The Balaban J connectivity index is 0.00000486. The third-order valence-corrected chi connectivity index (χ3v) is 10.8. The molecule has 0 aliphatic carbocycles. The monoisotopic (exact) mass is 671 g/mol. The van der Waals surface area contributed by atoms with E-state index in [1.54, 1.807) is 16.7 Å². The summed E-state index contributed by atoms with van der Waals surface area (Å²) in [5.41, 5.74) is 8.04. The van der Waals surface area contributed by atoms with E-state index in [1.807, 2.05) is 51.2 Å². The van der Waals surface area contributed by atoms with Gasteiger partial charge in [0.15, 0.2) is 0 Å². The Kier molecular flexibility index (Phi) is 18.4. The lowest BCUT2D eigenvalue weighted by atomic mass is 9.75. The standard InChI is InChI=1S/C40H66S2.2C2H6/c1-17-20-28(2)21-18-19-22-33-34(38(9,10)11)26-32(27-35(33)39(12,13)14)42-40(15,16)41-31-24-29(36(3,4)5)23-30(25-31)37(6,7)8;2*1-2/h23-28H,17-22H2,1-16H3;2*1-2H3/t28-;;/m1../s1. The molecular weight excluding hydrogens is 593 g/mol. The molecule has 0 heterocycles. The minimum Gasteiger partial charge on any atom is -0.109 e. The van der Waals surface area contributed by atoms with Crippen molar-refractivity contribution in [2.24, 2.45) is 5.92 Å². The van der Waals surface area contributed by atoms with Gasteiger partial charge in [0.2, 0.25) is 0 Å². The van der Waals surface area contributed by atoms with E-state index in [0.717, 1.165) is 5.92 Å². The third kappa shape index (κ3) is 15.1. The van der Waals surface area contributed by atoms with Gasteiger partial charge in [0.1, 0.15) is 0 Å². The van der Waals surface area contributed by atoms with Crippen molar-refractivity contribution in [2.45, 2.75) is 213 Å². The predicted octanol–water partition coefficient (Wildman–Crippen LogP) is 15.7. The van der Waals surface area contributed by atoms with Crippen molar-refractivity contribution < 1.29 is 0 Å². The summed E-state index contributed by atoms with van der Waals surface area (Å²) in [7, 11) is 0. The zero-order chi connectivity index (χ0) is 36.3. The van der Waals surface area contributed by atoms with E-state index in [-0.39, 0.29) is 25.7 Å². The van der Waals surface area contributed by atoms with Gasteiger partial charge in [0, 0.05) is 9.79 Å². The molecule has 2 aromatic carbocycles. The molecule has 1 atom stereocenters. The second-order valence-corrected chi connectivity index (χ2v) is 21.1. The zero-order valence-electron chi connectivity index (χ0n) is 34.5. The number of rotatable bonds is 11. The van der Waals surface area contributed by atoms with E-state index < -0.39 is 0 Å². The van der Waals surface area contributed by atoms with Crippen molar-refractivity contribution in [1.82, 2.24) is 0 Å². The van der Waals surface area contributed by atoms with Crippen LogP contribution in [0.5, 0.6) is 0 Å². The second-order valence-electron chi connectivity index (χ2n) is 17.5. The van der Waals surface area contributed by atoms with Gasteiger partial charge in [-0.2, -0.15) is 0 Å². The molecule has 2 heteroatoms. The van der Waals surface area contributed by atoms with Gasteiger partial charge in [-0.25, -0.2) is 0 Å². The fourth-order valence-corrected chi connectivity index (χ4v) is 8.46. The van der Waals surface area contributed by atoms with Gasteiger partial charge in [-0.3, -0.25) is 0 Å². The molecule has 266 valence electrons. The molecule has 0 saturated heterocycles. The Morgan fingerprint density at radius 1 is 0.522 bits per heavy atom. The molecular formula is C44H78S2. The maximum absolute atomic E-state index is 2.55. The summed E-state index contributed by atoms with van der Waals surface area (Å²) in [5, 5.41) is 0. The summed E-state index contributed by atoms with van der Waals surface area (Å²) >= 11 is 4.06. The Hall–Kier alpha value is -0.860. The van der Waals surface area contributed by atoms with Crippen LogP contribution in [0.3, 0.4) is 0 Å². The maximum Gasteiger partial charge on any atom is 0.0649 e. The van der Waals surface area contributed by atoms with Crippen LogP contribution in [-0.4, -0.2) is 4.08 Å². The molecule has 0 amide bonds. The van der Waals surface area contributed by atoms with Crippen molar-refractivity contribution in [2.75, 3.05) is 0 Å². The molecule has 0 bridgehead atoms. The van der Waals surface area contributed by atoms with Crippen LogP contribution in [-0.2, 0) is 28.1 Å². The number of benzene rings is 2. The Morgan fingerprint density at radius 2 is 0.913 bits per heavy atom. The third-order valence-electron chi connectivity index (χ3n) is 8.36. The molecule has 0 aliphatic rings. The molecule has 0 unspecified atom stereocenters. The van der Waals surface area contributed by atoms with Gasteiger partial charge in [0.05, 0.1) is 4.08 Å². The molecule has 46 heavy (non-hydrogen) atoms. The van der Waals surface area contributed by atoms with E-state index in [1.165, 1.54) is 59.4 Å². The van der Waals surface area contributed by atoms with Crippen LogP contribution in [0.15, 0.2) is 40.1 Å². The van der Waals surface area contributed by atoms with Crippen LogP contribution in [0.4, 0.5) is 0 Å². The average Bonchev–Trinajstić information content (AvgIpc) is 2.91. The van der Waals surface area contributed by atoms with Crippen molar-refractivity contribution in [3.05, 3.63) is 58.1 Å². The highest BCUT2D eigenvalue weighted by Crippen LogP contribution is 2.48. The SMILES string of the molecule is CC.CC.CCC[C@@H](C)CCCCc1c(C(C)(C)C)cc(SC(C)(C)Sc2cc(C(C)(C)C)cc(C(C)(C)C)c2)cc1C(C)(C)C. The lowest BCUT2D eigenvalue weighted by molar-refractivity contribution is 0.458. The van der Waals surface area contributed by atoms with Crippen molar-refractivity contribution in [3.63, 3.8) is 0 Å². The Bertz CT molecular complexity index is 1090. The van der Waals surface area contributed by atoms with Gasteiger partial charge in [0.25, 0.3) is 0 Å². The predicted molar refractivity (Wildman–Crippen MR) is 218 cm³/mol. The largest absolute Gasteiger partial charge is 0.109 e. The van der Waals surface area contributed by atoms with E-state index >= 15 is 0 Å². The molecule has 0 aliphatic heterocycles. The highest BCUT2D eigenvalue weighted by molar-refractivity contribution is 8.18. The normalized spacial score (nSPS) is 13.4. The van der Waals surface area contributed by atoms with Gasteiger partial charge >= 0.3 is 0 Å². The van der Waals surface area contributed by atoms with E-state index in [9.17, 15) is 0 Å². The minimum atomic E-state index is -0.00704. The van der Waals surface area contributed by atoms with Crippen molar-refractivity contribution in [3.8, 4) is 0 Å². The van der Waals surface area contributed by atoms with Gasteiger partial charge in [-0.1, -0.05) is 156 Å². The van der Waals surface area contributed by atoms with E-state index in [4.69, 9.17) is 0 Å². The van der Waals surface area contributed by atoms with Gasteiger partial charge < -0.3 is 0 Å². The average molecular weight is 671 g/mol. The highest BCUT2D eigenvalue weighted by Gasteiger charge is 2.30. The number of hydrogen-bond acceptors (Lipinski definition) is 2. The minimum absolute atomic E-state index is 0.00704. The first-order valence-electron chi connectivity index (χ1n) is 18.7. The maximum atomic E-state index is 2.55. The first-order valence-corrected chi connectivity index (χ1v) is 20.3. The summed E-state index contributed by atoms with van der Waals surface area (Å²) in [6, 6.07) is 12.4. The Morgan fingerprint density at radius 3 is 1.26 bits per heavy atom. The van der Waals surface area contributed by atoms with Crippen LogP contribution in [0, 0.1) is 5.92 Å². The zero-order valence-corrected chi connectivity index (χ0v) is 36.2. The quantitative estimate of drug-likeness (QED) is 0.133. The summed E-state index contributed by atoms with van der Waals surface area (Å²) in [4.78, 5) is 2.79. The molecule has 2 aromatic rings. The second kappa shape index (κ2) is 18.8. The molecule has 0 radical (unpaired) electrons. The van der Waals surface area contributed by atoms with Crippen LogP contribution >= 0.6 is 23.5 Å². The van der Waals surface area contributed by atoms with Gasteiger partial charge in [-0.15, -0.1) is 23.5 Å². The van der Waals surface area contributed by atoms with Crippen molar-refractivity contribution in [1.29, 1.82) is 0 Å². The van der Waals surface area contributed by atoms with Crippen LogP contribution in [0.2, 0.25) is 0 Å². The van der Waals surface area contributed by atoms with Crippen molar-refractivity contribution >= 4 is 23.5 Å². The first-order chi connectivity index (χ1) is 20.9. The van der Waals surface area contributed by atoms with Gasteiger partial charge in [-0.05, 0) is 106 Å². The summed E-state index contributed by atoms with van der Waals surface area (Å²) < 4.78 is -0.00704. The Labute approximate surface area is 298 Å². The smallest absolute Gasteiger partial charge is 0.0649 e. The molecule has 0 spiro atoms. The molecule has 0 N–H and O–H groups in total. The number of unbranched alkanes of at least 4 members (excludes halogenated alkanes) is 1. The van der Waals surface area contributed by atoms with Crippen LogP contribution in [0.25, 0.3) is 0 Å². The van der Waals surface area contributed by atoms with E-state index in [0.29, 0.717) is 0 Å². The summed E-state index contributed by atoms with van der Waals surface area (Å²) in [6.07, 6.45) is 7.83. The number of hydrogen-bond donors (Lipinski definition) is 0. The summed E-state index contributed by atoms with van der Waals surface area (Å²) in [6.45, 7) is 46.0. The fraction of sp³-hybridized carbons (Fsp3) is 0.727. The first kappa shape index (κ1) is 45.1. The van der Waals surface area contributed by atoms with Crippen LogP contribution < -0.4 is 0 Å². The lowest BCUT2D eigenvalue weighted by Crippen LogP contribution is -2.22. The van der Waals surface area contributed by atoms with E-state index in [2.05, 4.69) is 141 Å². The molecule has 2 rings (SSSR count).